The third kappa shape index (κ3) is 7.76. The van der Waals surface area contributed by atoms with E-state index in [1.165, 1.54) is 4.31 Å². The van der Waals surface area contributed by atoms with Gasteiger partial charge in [-0.2, -0.15) is 4.31 Å². The SMILES string of the molecule is C[C@H](NS(=O)(=O)c1ccc(CCC(=O)NCc2ccc(S(=O)(=O)N3CCCCC3)cc2)cc1)c1ccccc1. The molecule has 3 aromatic rings. The largest absolute Gasteiger partial charge is 0.352 e. The Bertz CT molecular complexity index is 1450. The highest BCUT2D eigenvalue weighted by atomic mass is 32.2. The van der Waals surface area contributed by atoms with Crippen LogP contribution in [0.25, 0.3) is 0 Å². The van der Waals surface area contributed by atoms with Crippen LogP contribution in [0.2, 0.25) is 0 Å². The third-order valence-corrected chi connectivity index (χ3v) is 10.3. The summed E-state index contributed by atoms with van der Waals surface area (Å²) in [6.45, 7) is 3.21. The number of hydrogen-bond acceptors (Lipinski definition) is 5. The van der Waals surface area contributed by atoms with Gasteiger partial charge >= 0.3 is 0 Å². The van der Waals surface area contributed by atoms with Crippen LogP contribution < -0.4 is 10.0 Å². The molecule has 4 rings (SSSR count). The monoisotopic (exact) mass is 569 g/mol. The molecule has 0 unspecified atom stereocenters. The number of rotatable bonds is 11. The lowest BCUT2D eigenvalue weighted by Crippen LogP contribution is -2.35. The molecule has 1 atom stereocenters. The Morgan fingerprint density at radius 1 is 0.795 bits per heavy atom. The summed E-state index contributed by atoms with van der Waals surface area (Å²) in [6.07, 6.45) is 3.55. The van der Waals surface area contributed by atoms with Crippen LogP contribution in [0, 0.1) is 0 Å². The summed E-state index contributed by atoms with van der Waals surface area (Å²) in [6, 6.07) is 22.2. The Balaban J connectivity index is 1.24. The molecule has 8 nitrogen and oxygen atoms in total. The zero-order chi connectivity index (χ0) is 27.9. The highest BCUT2D eigenvalue weighted by Crippen LogP contribution is 2.21. The van der Waals surface area contributed by atoms with E-state index >= 15 is 0 Å². The number of carbonyl (C=O) groups excluding carboxylic acids is 1. The van der Waals surface area contributed by atoms with Crippen molar-refractivity contribution < 1.29 is 21.6 Å². The number of piperidine rings is 1. The summed E-state index contributed by atoms with van der Waals surface area (Å²) in [4.78, 5) is 12.8. The Hall–Kier alpha value is -3.05. The molecular formula is C29H35N3O5S2. The summed E-state index contributed by atoms with van der Waals surface area (Å²) in [5, 5.41) is 2.86. The highest BCUT2D eigenvalue weighted by molar-refractivity contribution is 7.89. The molecule has 208 valence electrons. The summed E-state index contributed by atoms with van der Waals surface area (Å²) >= 11 is 0. The topological polar surface area (TPSA) is 113 Å². The molecule has 0 bridgehead atoms. The Kier molecular flexibility index (Phi) is 9.55. The fourth-order valence-corrected chi connectivity index (χ4v) is 7.28. The molecule has 1 saturated heterocycles. The van der Waals surface area contributed by atoms with Crippen LogP contribution in [0.5, 0.6) is 0 Å². The van der Waals surface area contributed by atoms with Crippen molar-refractivity contribution in [3.8, 4) is 0 Å². The number of nitrogens with one attached hydrogen (secondary N) is 2. The number of aryl methyl sites for hydroxylation is 1. The first-order valence-corrected chi connectivity index (χ1v) is 16.1. The Labute approximate surface area is 231 Å². The number of hydrogen-bond donors (Lipinski definition) is 2. The average Bonchev–Trinajstić information content (AvgIpc) is 2.96. The van der Waals surface area contributed by atoms with Crippen LogP contribution in [-0.2, 0) is 37.8 Å². The predicted molar refractivity (Wildman–Crippen MR) is 151 cm³/mol. The molecule has 0 aliphatic carbocycles. The first-order chi connectivity index (χ1) is 18.6. The second-order valence-electron chi connectivity index (χ2n) is 9.78. The van der Waals surface area contributed by atoms with Crippen molar-refractivity contribution in [2.45, 2.75) is 61.4 Å². The summed E-state index contributed by atoms with van der Waals surface area (Å²) < 4.78 is 55.3. The van der Waals surface area contributed by atoms with Crippen LogP contribution in [0.1, 0.15) is 55.3 Å². The van der Waals surface area contributed by atoms with Gasteiger partial charge in [0.05, 0.1) is 9.79 Å². The van der Waals surface area contributed by atoms with Gasteiger partial charge in [-0.3, -0.25) is 4.79 Å². The van der Waals surface area contributed by atoms with E-state index < -0.39 is 20.0 Å². The lowest BCUT2D eigenvalue weighted by atomic mass is 10.1. The van der Waals surface area contributed by atoms with Gasteiger partial charge in [-0.1, -0.05) is 61.0 Å². The van der Waals surface area contributed by atoms with Crippen molar-refractivity contribution in [3.05, 3.63) is 95.6 Å². The molecule has 0 aromatic heterocycles. The van der Waals surface area contributed by atoms with E-state index in [9.17, 15) is 21.6 Å². The van der Waals surface area contributed by atoms with Gasteiger partial charge in [-0.15, -0.1) is 0 Å². The zero-order valence-electron chi connectivity index (χ0n) is 22.0. The second-order valence-corrected chi connectivity index (χ2v) is 13.4. The predicted octanol–water partition coefficient (Wildman–Crippen LogP) is 4.15. The normalized spacial score (nSPS) is 15.5. The van der Waals surface area contributed by atoms with Crippen molar-refractivity contribution >= 4 is 26.0 Å². The van der Waals surface area contributed by atoms with Crippen LogP contribution >= 0.6 is 0 Å². The standard InChI is InChI=1S/C29H35N3O5S2/c1-23(26-8-4-2-5-9-26)31-38(34,35)27-15-10-24(11-16-27)14-19-29(33)30-22-25-12-17-28(18-13-25)39(36,37)32-20-6-3-7-21-32/h2,4-5,8-13,15-18,23,31H,3,6-7,14,19-22H2,1H3,(H,30,33)/t23-/m0/s1. The van der Waals surface area contributed by atoms with Crippen LogP contribution in [0.4, 0.5) is 0 Å². The lowest BCUT2D eigenvalue weighted by molar-refractivity contribution is -0.121. The van der Waals surface area contributed by atoms with Gasteiger partial charge < -0.3 is 5.32 Å². The number of carbonyl (C=O) groups is 1. The van der Waals surface area contributed by atoms with Gasteiger partial charge in [0.2, 0.25) is 26.0 Å². The minimum atomic E-state index is -3.68. The molecule has 0 radical (unpaired) electrons. The van der Waals surface area contributed by atoms with E-state index in [2.05, 4.69) is 10.0 Å². The van der Waals surface area contributed by atoms with E-state index in [1.54, 1.807) is 55.5 Å². The van der Waals surface area contributed by atoms with Gasteiger partial charge in [0.25, 0.3) is 0 Å². The molecule has 1 amide bonds. The smallest absolute Gasteiger partial charge is 0.243 e. The van der Waals surface area contributed by atoms with Crippen LogP contribution in [0.3, 0.4) is 0 Å². The minimum absolute atomic E-state index is 0.143. The van der Waals surface area contributed by atoms with Crippen LogP contribution in [-0.4, -0.2) is 40.1 Å². The Morgan fingerprint density at radius 3 is 2.03 bits per heavy atom. The molecule has 3 aromatic carbocycles. The fourth-order valence-electron chi connectivity index (χ4n) is 4.53. The molecule has 0 saturated carbocycles. The fraction of sp³-hybridized carbons (Fsp3) is 0.345. The quantitative estimate of drug-likeness (QED) is 0.360. The number of nitrogens with zero attached hydrogens (tertiary/aromatic N) is 1. The van der Waals surface area contributed by atoms with Crippen molar-refractivity contribution in [1.29, 1.82) is 0 Å². The molecule has 1 fully saturated rings. The van der Waals surface area contributed by atoms with Crippen molar-refractivity contribution in [2.75, 3.05) is 13.1 Å². The van der Waals surface area contributed by atoms with Crippen LogP contribution in [0.15, 0.2) is 88.7 Å². The Morgan fingerprint density at radius 2 is 1.38 bits per heavy atom. The van der Waals surface area contributed by atoms with Gasteiger partial charge in [0, 0.05) is 32.1 Å². The average molecular weight is 570 g/mol. The number of amides is 1. The maximum Gasteiger partial charge on any atom is 0.243 e. The molecule has 10 heteroatoms. The van der Waals surface area contributed by atoms with Gasteiger partial charge in [0.1, 0.15) is 0 Å². The maximum absolute atomic E-state index is 12.8. The van der Waals surface area contributed by atoms with E-state index in [0.29, 0.717) is 26.1 Å². The highest BCUT2D eigenvalue weighted by Gasteiger charge is 2.25. The maximum atomic E-state index is 12.8. The van der Waals surface area contributed by atoms with E-state index in [-0.39, 0.29) is 28.2 Å². The molecule has 39 heavy (non-hydrogen) atoms. The van der Waals surface area contributed by atoms with E-state index in [0.717, 1.165) is 36.0 Å². The summed E-state index contributed by atoms with van der Waals surface area (Å²) in [7, 11) is -7.16. The molecule has 1 aliphatic rings. The van der Waals surface area contributed by atoms with Crippen molar-refractivity contribution in [2.24, 2.45) is 0 Å². The van der Waals surface area contributed by atoms with Crippen molar-refractivity contribution in [1.82, 2.24) is 14.3 Å². The molecular weight excluding hydrogens is 534 g/mol. The van der Waals surface area contributed by atoms with E-state index in [1.807, 2.05) is 30.3 Å². The second kappa shape index (κ2) is 12.9. The lowest BCUT2D eigenvalue weighted by Gasteiger charge is -2.25. The zero-order valence-corrected chi connectivity index (χ0v) is 23.7. The number of benzene rings is 3. The van der Waals surface area contributed by atoms with Gasteiger partial charge in [0.15, 0.2) is 0 Å². The summed E-state index contributed by atoms with van der Waals surface area (Å²) in [5.74, 6) is -0.143. The first-order valence-electron chi connectivity index (χ1n) is 13.2. The van der Waals surface area contributed by atoms with Gasteiger partial charge in [-0.25, -0.2) is 21.6 Å². The minimum Gasteiger partial charge on any atom is -0.352 e. The molecule has 1 aliphatic heterocycles. The van der Waals surface area contributed by atoms with Gasteiger partial charge in [-0.05, 0) is 67.1 Å². The summed E-state index contributed by atoms with van der Waals surface area (Å²) in [5.41, 5.74) is 2.54. The molecule has 0 spiro atoms. The molecule has 2 N–H and O–H groups in total. The third-order valence-electron chi connectivity index (χ3n) is 6.87. The first kappa shape index (κ1) is 28.9. The number of sulfonamides is 2. The molecule has 1 heterocycles. The van der Waals surface area contributed by atoms with E-state index in [4.69, 9.17) is 0 Å². The van der Waals surface area contributed by atoms with Crippen molar-refractivity contribution in [3.63, 3.8) is 0 Å².